The number of aliphatic hydroxyl groups excluding tert-OH is 1. The first kappa shape index (κ1) is 10.9. The number of nitriles is 1. The molecule has 0 unspecified atom stereocenters. The monoisotopic (exact) mass is 218 g/mol. The highest BCUT2D eigenvalue weighted by Crippen LogP contribution is 2.34. The maximum atomic E-state index is 9.76. The van der Waals surface area contributed by atoms with Crippen molar-refractivity contribution in [2.75, 3.05) is 26.2 Å². The fraction of sp³-hybridized carbons (Fsp3) is 0.417. The van der Waals surface area contributed by atoms with E-state index < -0.39 is 0 Å². The zero-order chi connectivity index (χ0) is 11.5. The van der Waals surface area contributed by atoms with E-state index in [1.54, 1.807) is 18.2 Å². The Balaban J connectivity index is 2.14. The van der Waals surface area contributed by atoms with Crippen molar-refractivity contribution in [3.63, 3.8) is 0 Å². The van der Waals surface area contributed by atoms with Crippen molar-refractivity contribution in [3.8, 4) is 11.8 Å². The summed E-state index contributed by atoms with van der Waals surface area (Å²) in [5.74, 6) is 0.412. The molecular weight excluding hydrogens is 204 g/mol. The Morgan fingerprint density at radius 3 is 2.81 bits per heavy atom. The molecule has 1 aromatic carbocycles. The topological polar surface area (TPSA) is 67.5 Å². The number of aliphatic hydroxyl groups is 1. The van der Waals surface area contributed by atoms with Crippen LogP contribution in [0.2, 0.25) is 0 Å². The molecular formula is C12H14N2O2. The quantitative estimate of drug-likeness (QED) is 0.782. The number of β-amino-alcohol motifs (C(OH)–C–C–N with tert-alkyl or cyclic N) is 1. The van der Waals surface area contributed by atoms with Gasteiger partial charge in [0.1, 0.15) is 5.75 Å². The van der Waals surface area contributed by atoms with Crippen LogP contribution in [-0.4, -0.2) is 41.4 Å². The van der Waals surface area contributed by atoms with Crippen LogP contribution in [0.1, 0.15) is 17.0 Å². The Morgan fingerprint density at radius 1 is 1.44 bits per heavy atom. The number of aromatic hydroxyl groups is 1. The number of hydrogen-bond acceptors (Lipinski definition) is 4. The van der Waals surface area contributed by atoms with Crippen LogP contribution in [0, 0.1) is 11.3 Å². The van der Waals surface area contributed by atoms with E-state index in [4.69, 9.17) is 10.4 Å². The molecule has 0 saturated carbocycles. The lowest BCUT2D eigenvalue weighted by Crippen LogP contribution is -2.46. The van der Waals surface area contributed by atoms with Crippen molar-refractivity contribution in [2.45, 2.75) is 5.92 Å². The van der Waals surface area contributed by atoms with Gasteiger partial charge in [0.2, 0.25) is 0 Å². The second-order valence-corrected chi connectivity index (χ2v) is 4.03. The van der Waals surface area contributed by atoms with Gasteiger partial charge in [-0.15, -0.1) is 0 Å². The molecule has 0 aromatic heterocycles. The minimum atomic E-state index is 0.151. The zero-order valence-electron chi connectivity index (χ0n) is 8.93. The fourth-order valence-corrected chi connectivity index (χ4v) is 2.16. The minimum Gasteiger partial charge on any atom is -0.508 e. The van der Waals surface area contributed by atoms with Crippen molar-refractivity contribution in [1.82, 2.24) is 4.90 Å². The van der Waals surface area contributed by atoms with Crippen LogP contribution in [-0.2, 0) is 0 Å². The van der Waals surface area contributed by atoms with Gasteiger partial charge in [0, 0.05) is 31.1 Å². The van der Waals surface area contributed by atoms with E-state index in [9.17, 15) is 5.11 Å². The average molecular weight is 218 g/mol. The summed E-state index contributed by atoms with van der Waals surface area (Å²) in [6.45, 7) is 2.41. The van der Waals surface area contributed by atoms with Crippen molar-refractivity contribution in [1.29, 1.82) is 5.26 Å². The largest absolute Gasteiger partial charge is 0.508 e. The van der Waals surface area contributed by atoms with E-state index in [0.29, 0.717) is 12.1 Å². The number of phenolic OH excluding ortho intramolecular Hbond substituents is 1. The van der Waals surface area contributed by atoms with Crippen LogP contribution in [0.15, 0.2) is 18.2 Å². The van der Waals surface area contributed by atoms with Crippen LogP contribution in [0.5, 0.6) is 5.75 Å². The van der Waals surface area contributed by atoms with E-state index >= 15 is 0 Å². The summed E-state index contributed by atoms with van der Waals surface area (Å²) in [5, 5.41) is 27.5. The van der Waals surface area contributed by atoms with Gasteiger partial charge in [-0.3, -0.25) is 4.90 Å². The second-order valence-electron chi connectivity index (χ2n) is 4.03. The van der Waals surface area contributed by atoms with E-state index in [1.807, 2.05) is 0 Å². The molecule has 1 aromatic rings. The molecule has 4 heteroatoms. The SMILES string of the molecule is N#Cc1cccc(O)c1C1CN(CCO)C1. The van der Waals surface area contributed by atoms with Crippen LogP contribution in [0.4, 0.5) is 0 Å². The number of hydrogen-bond donors (Lipinski definition) is 2. The minimum absolute atomic E-state index is 0.151. The number of rotatable bonds is 3. The highest BCUT2D eigenvalue weighted by atomic mass is 16.3. The molecule has 1 aliphatic heterocycles. The summed E-state index contributed by atoms with van der Waals surface area (Å²) in [6.07, 6.45) is 0. The van der Waals surface area contributed by atoms with Crippen LogP contribution in [0.3, 0.4) is 0 Å². The van der Waals surface area contributed by atoms with Crippen molar-refractivity contribution < 1.29 is 10.2 Å². The Hall–Kier alpha value is -1.57. The highest BCUT2D eigenvalue weighted by molar-refractivity contribution is 5.49. The predicted molar refractivity (Wildman–Crippen MR) is 59.1 cm³/mol. The van der Waals surface area contributed by atoms with Gasteiger partial charge in [-0.05, 0) is 12.1 Å². The maximum Gasteiger partial charge on any atom is 0.120 e. The molecule has 1 heterocycles. The lowest BCUT2D eigenvalue weighted by Gasteiger charge is -2.39. The van der Waals surface area contributed by atoms with Gasteiger partial charge in [-0.2, -0.15) is 5.26 Å². The van der Waals surface area contributed by atoms with E-state index in [1.165, 1.54) is 0 Å². The average Bonchev–Trinajstić information content (AvgIpc) is 2.23. The second kappa shape index (κ2) is 4.52. The fourth-order valence-electron chi connectivity index (χ4n) is 2.16. The third kappa shape index (κ3) is 1.87. The Kier molecular flexibility index (Phi) is 3.09. The van der Waals surface area contributed by atoms with Crippen molar-refractivity contribution >= 4 is 0 Å². The number of phenols is 1. The molecule has 0 amide bonds. The van der Waals surface area contributed by atoms with Crippen LogP contribution in [0.25, 0.3) is 0 Å². The molecule has 0 spiro atoms. The van der Waals surface area contributed by atoms with Gasteiger partial charge >= 0.3 is 0 Å². The molecule has 1 fully saturated rings. The van der Waals surface area contributed by atoms with Gasteiger partial charge in [0.05, 0.1) is 18.2 Å². The van der Waals surface area contributed by atoms with Gasteiger partial charge in [-0.25, -0.2) is 0 Å². The molecule has 0 radical (unpaired) electrons. The summed E-state index contributed by atoms with van der Waals surface area (Å²) in [7, 11) is 0. The summed E-state index contributed by atoms with van der Waals surface area (Å²) < 4.78 is 0. The van der Waals surface area contributed by atoms with E-state index in [0.717, 1.165) is 18.7 Å². The van der Waals surface area contributed by atoms with E-state index in [-0.39, 0.29) is 18.3 Å². The predicted octanol–water partition coefficient (Wildman–Crippen LogP) is 0.655. The molecule has 2 rings (SSSR count). The Labute approximate surface area is 94.4 Å². The molecule has 16 heavy (non-hydrogen) atoms. The first-order valence-corrected chi connectivity index (χ1v) is 5.31. The highest BCUT2D eigenvalue weighted by Gasteiger charge is 2.31. The molecule has 84 valence electrons. The Bertz CT molecular complexity index is 420. The molecule has 0 bridgehead atoms. The molecule has 1 aliphatic rings. The molecule has 0 aliphatic carbocycles. The lowest BCUT2D eigenvalue weighted by atomic mass is 9.87. The van der Waals surface area contributed by atoms with Crippen molar-refractivity contribution in [2.24, 2.45) is 0 Å². The standard InChI is InChI=1S/C12H14N2O2/c13-6-9-2-1-3-11(16)12(9)10-7-14(8-10)4-5-15/h1-3,10,15-16H,4-5,7-8H2. The third-order valence-electron chi connectivity index (χ3n) is 2.99. The smallest absolute Gasteiger partial charge is 0.120 e. The normalized spacial score (nSPS) is 16.8. The van der Waals surface area contributed by atoms with Crippen LogP contribution >= 0.6 is 0 Å². The van der Waals surface area contributed by atoms with Gasteiger partial charge in [-0.1, -0.05) is 6.07 Å². The summed E-state index contributed by atoms with van der Waals surface area (Å²) >= 11 is 0. The summed E-state index contributed by atoms with van der Waals surface area (Å²) in [4.78, 5) is 2.10. The Morgan fingerprint density at radius 2 is 2.19 bits per heavy atom. The molecule has 1 saturated heterocycles. The van der Waals surface area contributed by atoms with Crippen LogP contribution < -0.4 is 0 Å². The number of nitrogens with zero attached hydrogens (tertiary/aromatic N) is 2. The summed E-state index contributed by atoms with van der Waals surface area (Å²) in [5.41, 5.74) is 1.30. The number of likely N-dealkylation sites (tertiary alicyclic amines) is 1. The lowest BCUT2D eigenvalue weighted by molar-refractivity contribution is 0.114. The maximum absolute atomic E-state index is 9.76. The summed E-state index contributed by atoms with van der Waals surface area (Å²) in [6, 6.07) is 7.13. The third-order valence-corrected chi connectivity index (χ3v) is 2.99. The number of benzene rings is 1. The van der Waals surface area contributed by atoms with Gasteiger partial charge < -0.3 is 10.2 Å². The van der Waals surface area contributed by atoms with Crippen molar-refractivity contribution in [3.05, 3.63) is 29.3 Å². The first-order valence-electron chi connectivity index (χ1n) is 5.31. The van der Waals surface area contributed by atoms with Gasteiger partial charge in [0.15, 0.2) is 0 Å². The molecule has 0 atom stereocenters. The zero-order valence-corrected chi connectivity index (χ0v) is 8.93. The van der Waals surface area contributed by atoms with Gasteiger partial charge in [0.25, 0.3) is 0 Å². The first-order chi connectivity index (χ1) is 7.76. The van der Waals surface area contributed by atoms with E-state index in [2.05, 4.69) is 11.0 Å². The molecule has 4 nitrogen and oxygen atoms in total. The molecule has 2 N–H and O–H groups in total.